The van der Waals surface area contributed by atoms with Crippen LogP contribution in [0.2, 0.25) is 0 Å². The highest BCUT2D eigenvalue weighted by atomic mass is 16.6. The molecule has 36 heavy (non-hydrogen) atoms. The summed E-state index contributed by atoms with van der Waals surface area (Å²) in [5.41, 5.74) is 0.318. The van der Waals surface area contributed by atoms with E-state index in [9.17, 15) is 14.4 Å². The van der Waals surface area contributed by atoms with Crippen LogP contribution in [0.15, 0.2) is 18.2 Å². The second-order valence-electron chi connectivity index (χ2n) is 10.7. The van der Waals surface area contributed by atoms with E-state index in [0.29, 0.717) is 62.9 Å². The summed E-state index contributed by atoms with van der Waals surface area (Å²) in [6.07, 6.45) is 1.16. The molecule has 2 amide bonds. The van der Waals surface area contributed by atoms with E-state index in [1.165, 1.54) is 0 Å². The van der Waals surface area contributed by atoms with Crippen molar-refractivity contribution >= 4 is 18.3 Å². The molecular formula is C27H42N2O7. The minimum absolute atomic E-state index is 0.111. The molecule has 0 saturated carbocycles. The highest BCUT2D eigenvalue weighted by Crippen LogP contribution is 2.30. The zero-order chi connectivity index (χ0) is 26.9. The molecule has 0 aliphatic carbocycles. The van der Waals surface area contributed by atoms with E-state index >= 15 is 0 Å². The number of hydrogen-bond donors (Lipinski definition) is 0. The quantitative estimate of drug-likeness (QED) is 0.314. The summed E-state index contributed by atoms with van der Waals surface area (Å²) in [5, 5.41) is 0. The largest absolute Gasteiger partial charge is 0.493 e. The van der Waals surface area contributed by atoms with Crippen LogP contribution in [0.3, 0.4) is 0 Å². The van der Waals surface area contributed by atoms with Crippen LogP contribution in [0.4, 0.5) is 4.79 Å². The SMILES string of the molecule is COCCCOc1cc(C(=O)N(C[C@@H]2CN(C(=O)OCC(C)(C)C)C[C@H]2C=O)C(C)C)ccc1OC. The topological polar surface area (TPSA) is 94.6 Å². The first kappa shape index (κ1) is 29.4. The summed E-state index contributed by atoms with van der Waals surface area (Å²) < 4.78 is 21.7. The van der Waals surface area contributed by atoms with Crippen LogP contribution in [0.5, 0.6) is 11.5 Å². The van der Waals surface area contributed by atoms with Gasteiger partial charge in [-0.15, -0.1) is 0 Å². The van der Waals surface area contributed by atoms with Crippen LogP contribution in [-0.4, -0.2) is 87.8 Å². The van der Waals surface area contributed by atoms with E-state index in [4.69, 9.17) is 18.9 Å². The van der Waals surface area contributed by atoms with Gasteiger partial charge in [0.05, 0.1) is 20.3 Å². The molecule has 0 N–H and O–H groups in total. The van der Waals surface area contributed by atoms with E-state index in [1.807, 2.05) is 34.6 Å². The van der Waals surface area contributed by atoms with E-state index in [0.717, 1.165) is 6.29 Å². The van der Waals surface area contributed by atoms with Crippen molar-refractivity contribution in [1.82, 2.24) is 9.80 Å². The van der Waals surface area contributed by atoms with Gasteiger partial charge in [-0.25, -0.2) is 4.79 Å². The lowest BCUT2D eigenvalue weighted by Crippen LogP contribution is -2.42. The van der Waals surface area contributed by atoms with E-state index in [-0.39, 0.29) is 29.2 Å². The van der Waals surface area contributed by atoms with Gasteiger partial charge in [-0.3, -0.25) is 4.79 Å². The lowest BCUT2D eigenvalue weighted by molar-refractivity contribution is -0.111. The lowest BCUT2D eigenvalue weighted by atomic mass is 9.96. The average Bonchev–Trinajstić information content (AvgIpc) is 3.25. The van der Waals surface area contributed by atoms with Gasteiger partial charge in [-0.05, 0) is 37.5 Å². The molecule has 0 bridgehead atoms. The normalized spacial score (nSPS) is 17.7. The lowest BCUT2D eigenvalue weighted by Gasteiger charge is -2.30. The van der Waals surface area contributed by atoms with Gasteiger partial charge in [0, 0.05) is 63.2 Å². The Labute approximate surface area is 215 Å². The first-order valence-corrected chi connectivity index (χ1v) is 12.5. The number of nitrogens with zero attached hydrogens (tertiary/aromatic N) is 2. The van der Waals surface area contributed by atoms with Crippen molar-refractivity contribution in [2.75, 3.05) is 53.7 Å². The third-order valence-corrected chi connectivity index (χ3v) is 6.03. The maximum absolute atomic E-state index is 13.5. The van der Waals surface area contributed by atoms with Crippen molar-refractivity contribution in [3.8, 4) is 11.5 Å². The Balaban J connectivity index is 2.14. The van der Waals surface area contributed by atoms with E-state index in [1.54, 1.807) is 42.2 Å². The molecule has 202 valence electrons. The van der Waals surface area contributed by atoms with Crippen LogP contribution >= 0.6 is 0 Å². The van der Waals surface area contributed by atoms with Crippen molar-refractivity contribution in [3.63, 3.8) is 0 Å². The highest BCUT2D eigenvalue weighted by molar-refractivity contribution is 5.95. The Morgan fingerprint density at radius 1 is 1.14 bits per heavy atom. The molecule has 1 saturated heterocycles. The summed E-state index contributed by atoms with van der Waals surface area (Å²) in [7, 11) is 3.19. The van der Waals surface area contributed by atoms with Gasteiger partial charge in [-0.1, -0.05) is 20.8 Å². The Kier molecular flexibility index (Phi) is 11.0. The van der Waals surface area contributed by atoms with Gasteiger partial charge in [0.25, 0.3) is 5.91 Å². The number of likely N-dealkylation sites (tertiary alicyclic amines) is 1. The van der Waals surface area contributed by atoms with Gasteiger partial charge in [0.2, 0.25) is 0 Å². The number of benzene rings is 1. The smallest absolute Gasteiger partial charge is 0.409 e. The highest BCUT2D eigenvalue weighted by Gasteiger charge is 2.38. The second kappa shape index (κ2) is 13.5. The molecule has 9 heteroatoms. The molecule has 2 rings (SSSR count). The Morgan fingerprint density at radius 3 is 2.44 bits per heavy atom. The average molecular weight is 507 g/mol. The van der Waals surface area contributed by atoms with Gasteiger partial charge in [-0.2, -0.15) is 0 Å². The number of carbonyl (C=O) groups excluding carboxylic acids is 3. The molecule has 1 aliphatic heterocycles. The summed E-state index contributed by atoms with van der Waals surface area (Å²) in [5.74, 6) is 0.312. The molecule has 0 unspecified atom stereocenters. The number of amides is 2. The van der Waals surface area contributed by atoms with Crippen LogP contribution in [0.1, 0.15) is 51.4 Å². The predicted octanol–water partition coefficient (Wildman–Crippen LogP) is 3.89. The zero-order valence-corrected chi connectivity index (χ0v) is 22.7. The molecule has 1 aliphatic rings. The minimum Gasteiger partial charge on any atom is -0.493 e. The molecule has 1 heterocycles. The van der Waals surface area contributed by atoms with Gasteiger partial charge in [0.1, 0.15) is 6.29 Å². The monoisotopic (exact) mass is 506 g/mol. The molecule has 1 fully saturated rings. The van der Waals surface area contributed by atoms with Crippen LogP contribution in [0, 0.1) is 17.3 Å². The van der Waals surface area contributed by atoms with Gasteiger partial charge in [0.15, 0.2) is 11.5 Å². The summed E-state index contributed by atoms with van der Waals surface area (Å²) in [4.78, 5) is 41.3. The van der Waals surface area contributed by atoms with Crippen molar-refractivity contribution < 1.29 is 33.3 Å². The van der Waals surface area contributed by atoms with Crippen molar-refractivity contribution in [2.45, 2.75) is 47.1 Å². The Bertz CT molecular complexity index is 881. The fraction of sp³-hybridized carbons (Fsp3) is 0.667. The van der Waals surface area contributed by atoms with E-state index < -0.39 is 6.09 Å². The molecule has 1 aromatic carbocycles. The maximum atomic E-state index is 13.5. The third-order valence-electron chi connectivity index (χ3n) is 6.03. The summed E-state index contributed by atoms with van der Waals surface area (Å²) >= 11 is 0. The fourth-order valence-corrected chi connectivity index (χ4v) is 4.02. The van der Waals surface area contributed by atoms with Gasteiger partial charge < -0.3 is 33.5 Å². The Morgan fingerprint density at radius 2 is 1.86 bits per heavy atom. The number of aldehydes is 1. The molecular weight excluding hydrogens is 464 g/mol. The molecule has 2 atom stereocenters. The van der Waals surface area contributed by atoms with Crippen LogP contribution in [-0.2, 0) is 14.3 Å². The third kappa shape index (κ3) is 8.40. The Hall–Kier alpha value is -2.81. The molecule has 1 aromatic rings. The number of methoxy groups -OCH3 is 2. The number of ether oxygens (including phenoxy) is 4. The zero-order valence-electron chi connectivity index (χ0n) is 22.7. The molecule has 0 radical (unpaired) electrons. The molecule has 9 nitrogen and oxygen atoms in total. The van der Waals surface area contributed by atoms with Gasteiger partial charge >= 0.3 is 6.09 Å². The second-order valence-corrected chi connectivity index (χ2v) is 10.7. The molecule has 0 spiro atoms. The van der Waals surface area contributed by atoms with Crippen molar-refractivity contribution in [3.05, 3.63) is 23.8 Å². The van der Waals surface area contributed by atoms with Crippen molar-refractivity contribution in [2.24, 2.45) is 17.3 Å². The summed E-state index contributed by atoms with van der Waals surface area (Å²) in [6, 6.07) is 5.00. The maximum Gasteiger partial charge on any atom is 0.409 e. The van der Waals surface area contributed by atoms with E-state index in [2.05, 4.69) is 0 Å². The number of carbonyl (C=O) groups is 3. The first-order valence-electron chi connectivity index (χ1n) is 12.5. The summed E-state index contributed by atoms with van der Waals surface area (Å²) in [6.45, 7) is 12.1. The number of hydrogen-bond acceptors (Lipinski definition) is 7. The van der Waals surface area contributed by atoms with Crippen LogP contribution in [0.25, 0.3) is 0 Å². The standard InChI is InChI=1S/C27H42N2O7/c1-19(2)29(16-21-14-28(15-22(21)17-30)26(32)36-18-27(3,4)5)25(31)20-9-10-23(34-7)24(13-20)35-12-8-11-33-6/h9-10,13,17,19,21-22H,8,11-12,14-16,18H2,1-7H3/t21-,22-/m0/s1. The fourth-order valence-electron chi connectivity index (χ4n) is 4.02. The predicted molar refractivity (Wildman–Crippen MR) is 137 cm³/mol. The first-order chi connectivity index (χ1) is 17.0. The minimum atomic E-state index is -0.424. The van der Waals surface area contributed by atoms with Crippen molar-refractivity contribution in [1.29, 1.82) is 0 Å². The van der Waals surface area contributed by atoms with Crippen LogP contribution < -0.4 is 9.47 Å². The number of rotatable bonds is 12. The molecule has 0 aromatic heterocycles.